The van der Waals surface area contributed by atoms with Crippen molar-refractivity contribution in [2.75, 3.05) is 6.54 Å². The molecule has 132 valence electrons. The van der Waals surface area contributed by atoms with Crippen LogP contribution in [0, 0.1) is 11.6 Å². The number of hydrogen-bond acceptors (Lipinski definition) is 3. The van der Waals surface area contributed by atoms with Crippen molar-refractivity contribution in [2.45, 2.75) is 38.4 Å². The van der Waals surface area contributed by atoms with Gasteiger partial charge in [-0.3, -0.25) is 9.78 Å². The van der Waals surface area contributed by atoms with E-state index in [2.05, 4.69) is 10.3 Å². The van der Waals surface area contributed by atoms with E-state index in [1.165, 1.54) is 18.2 Å². The first-order chi connectivity index (χ1) is 12.1. The number of rotatable bonds is 7. The van der Waals surface area contributed by atoms with Crippen molar-refractivity contribution >= 4 is 5.91 Å². The van der Waals surface area contributed by atoms with E-state index in [9.17, 15) is 13.6 Å². The molecule has 1 aromatic carbocycles. The fourth-order valence-electron chi connectivity index (χ4n) is 3.15. The van der Waals surface area contributed by atoms with Gasteiger partial charge in [-0.05, 0) is 43.7 Å². The van der Waals surface area contributed by atoms with Crippen molar-refractivity contribution < 1.29 is 13.6 Å². The summed E-state index contributed by atoms with van der Waals surface area (Å²) in [6, 6.07) is 9.53. The lowest BCUT2D eigenvalue weighted by molar-refractivity contribution is -0.129. The largest absolute Gasteiger partial charge is 0.335 e. The molecule has 0 radical (unpaired) electrons. The van der Waals surface area contributed by atoms with E-state index in [0.717, 1.165) is 18.5 Å². The summed E-state index contributed by atoms with van der Waals surface area (Å²) in [5.41, 5.74) is 0.916. The van der Waals surface area contributed by atoms with E-state index in [4.69, 9.17) is 0 Å². The molecule has 1 atom stereocenters. The van der Waals surface area contributed by atoms with Crippen LogP contribution in [0.1, 0.15) is 30.5 Å². The molecular weight excluding hydrogens is 324 g/mol. The summed E-state index contributed by atoms with van der Waals surface area (Å²) in [5.74, 6) is -1.25. The van der Waals surface area contributed by atoms with E-state index in [0.29, 0.717) is 19.5 Å². The molecule has 0 spiro atoms. The maximum atomic E-state index is 13.9. The lowest BCUT2D eigenvalue weighted by Gasteiger charge is -2.25. The molecule has 2 aromatic rings. The molecule has 4 nitrogen and oxygen atoms in total. The van der Waals surface area contributed by atoms with Crippen LogP contribution < -0.4 is 5.32 Å². The second-order valence-electron chi connectivity index (χ2n) is 6.20. The molecule has 1 amide bonds. The van der Waals surface area contributed by atoms with Gasteiger partial charge in [0.15, 0.2) is 0 Å². The number of aromatic nitrogens is 1. The fraction of sp³-hybridized carbons (Fsp3) is 0.368. The van der Waals surface area contributed by atoms with Crippen molar-refractivity contribution in [3.63, 3.8) is 0 Å². The minimum atomic E-state index is -0.605. The van der Waals surface area contributed by atoms with Gasteiger partial charge in [0.05, 0.1) is 12.2 Å². The lowest BCUT2D eigenvalue weighted by atomic mass is 10.1. The fourth-order valence-corrected chi connectivity index (χ4v) is 3.15. The van der Waals surface area contributed by atoms with E-state index >= 15 is 0 Å². The second-order valence-corrected chi connectivity index (χ2v) is 6.20. The van der Waals surface area contributed by atoms with Crippen LogP contribution >= 0.6 is 0 Å². The van der Waals surface area contributed by atoms with Gasteiger partial charge in [-0.25, -0.2) is 8.78 Å². The highest BCUT2D eigenvalue weighted by atomic mass is 19.1. The summed E-state index contributed by atoms with van der Waals surface area (Å²) in [6.07, 6.45) is 3.65. The first-order valence-corrected chi connectivity index (χ1v) is 8.48. The molecule has 1 saturated heterocycles. The summed E-state index contributed by atoms with van der Waals surface area (Å²) in [7, 11) is 0. The highest BCUT2D eigenvalue weighted by molar-refractivity contribution is 5.78. The monoisotopic (exact) mass is 345 g/mol. The minimum absolute atomic E-state index is 0.00254. The molecule has 3 rings (SSSR count). The first kappa shape index (κ1) is 17.5. The number of likely N-dealkylation sites (tertiary alicyclic amines) is 1. The molecule has 0 unspecified atom stereocenters. The number of nitrogens with one attached hydrogen (secondary N) is 1. The predicted molar refractivity (Wildman–Crippen MR) is 90.5 cm³/mol. The van der Waals surface area contributed by atoms with Crippen LogP contribution in [0.4, 0.5) is 8.78 Å². The molecule has 0 aliphatic carbocycles. The van der Waals surface area contributed by atoms with Gasteiger partial charge in [-0.1, -0.05) is 12.1 Å². The summed E-state index contributed by atoms with van der Waals surface area (Å²) >= 11 is 0. The molecule has 2 heterocycles. The number of amides is 1. The molecule has 1 aromatic heterocycles. The van der Waals surface area contributed by atoms with Gasteiger partial charge in [0.25, 0.3) is 0 Å². The molecule has 1 N–H and O–H groups in total. The molecule has 25 heavy (non-hydrogen) atoms. The molecular formula is C19H21F2N3O. The van der Waals surface area contributed by atoms with Crippen molar-refractivity contribution in [2.24, 2.45) is 0 Å². The Morgan fingerprint density at radius 3 is 2.68 bits per heavy atom. The first-order valence-electron chi connectivity index (χ1n) is 8.48. The van der Waals surface area contributed by atoms with Gasteiger partial charge in [0, 0.05) is 30.8 Å². The Kier molecular flexibility index (Phi) is 5.71. The molecule has 0 bridgehead atoms. The van der Waals surface area contributed by atoms with E-state index in [1.807, 2.05) is 18.2 Å². The van der Waals surface area contributed by atoms with E-state index < -0.39 is 11.6 Å². The van der Waals surface area contributed by atoms with Crippen LogP contribution in [0.25, 0.3) is 0 Å². The minimum Gasteiger partial charge on any atom is -0.335 e. The number of hydrogen-bond donors (Lipinski definition) is 1. The topological polar surface area (TPSA) is 45.2 Å². The van der Waals surface area contributed by atoms with Crippen LogP contribution in [-0.2, 0) is 17.9 Å². The van der Waals surface area contributed by atoms with E-state index in [1.54, 1.807) is 11.1 Å². The van der Waals surface area contributed by atoms with Gasteiger partial charge in [0.2, 0.25) is 5.91 Å². The summed E-state index contributed by atoms with van der Waals surface area (Å²) < 4.78 is 27.7. The quantitative estimate of drug-likeness (QED) is 0.785. The van der Waals surface area contributed by atoms with Crippen molar-refractivity contribution in [1.82, 2.24) is 15.2 Å². The van der Waals surface area contributed by atoms with Gasteiger partial charge < -0.3 is 10.2 Å². The standard InChI is InChI=1S/C19H21F2N3O/c20-17-5-3-6-18(21)16(17)13-24-15(7-8-19(24)25)9-11-22-12-14-4-1-2-10-23-14/h1-6,10,15,22H,7-9,11-13H2/t15-/m1/s1. The van der Waals surface area contributed by atoms with Gasteiger partial charge in [0.1, 0.15) is 11.6 Å². The smallest absolute Gasteiger partial charge is 0.223 e. The van der Waals surface area contributed by atoms with Crippen molar-refractivity contribution in [3.8, 4) is 0 Å². The average Bonchev–Trinajstić information content (AvgIpc) is 2.96. The normalized spacial score (nSPS) is 17.3. The Labute approximate surface area is 145 Å². The zero-order valence-corrected chi connectivity index (χ0v) is 13.9. The van der Waals surface area contributed by atoms with Gasteiger partial charge >= 0.3 is 0 Å². The van der Waals surface area contributed by atoms with Crippen LogP contribution in [-0.4, -0.2) is 28.4 Å². The van der Waals surface area contributed by atoms with Gasteiger partial charge in [-0.15, -0.1) is 0 Å². The molecule has 1 fully saturated rings. The van der Waals surface area contributed by atoms with Crippen molar-refractivity contribution in [3.05, 3.63) is 65.5 Å². The highest BCUT2D eigenvalue weighted by Crippen LogP contribution is 2.25. The third-order valence-corrected chi connectivity index (χ3v) is 4.53. The SMILES string of the molecule is O=C1CC[C@H](CCNCc2ccccn2)N1Cc1c(F)cccc1F. The average molecular weight is 345 g/mol. The summed E-state index contributed by atoms with van der Waals surface area (Å²) in [4.78, 5) is 18.0. The van der Waals surface area contributed by atoms with Gasteiger partial charge in [-0.2, -0.15) is 0 Å². The van der Waals surface area contributed by atoms with Crippen LogP contribution in [0.5, 0.6) is 0 Å². The predicted octanol–water partition coefficient (Wildman–Crippen LogP) is 3.03. The Morgan fingerprint density at radius 1 is 1.16 bits per heavy atom. The van der Waals surface area contributed by atoms with Crippen LogP contribution in [0.2, 0.25) is 0 Å². The summed E-state index contributed by atoms with van der Waals surface area (Å²) in [6.45, 7) is 1.36. The molecule has 1 aliphatic heterocycles. The van der Waals surface area contributed by atoms with E-state index in [-0.39, 0.29) is 24.1 Å². The second kappa shape index (κ2) is 8.16. The Hall–Kier alpha value is -2.34. The van der Waals surface area contributed by atoms with Crippen molar-refractivity contribution in [1.29, 1.82) is 0 Å². The zero-order valence-electron chi connectivity index (χ0n) is 13.9. The number of pyridine rings is 1. The van der Waals surface area contributed by atoms with Crippen LogP contribution in [0.3, 0.4) is 0 Å². The third kappa shape index (κ3) is 4.39. The summed E-state index contributed by atoms with van der Waals surface area (Å²) in [5, 5.41) is 3.30. The highest BCUT2D eigenvalue weighted by Gasteiger charge is 2.31. The Balaban J connectivity index is 1.55. The third-order valence-electron chi connectivity index (χ3n) is 4.53. The van der Waals surface area contributed by atoms with Crippen LogP contribution in [0.15, 0.2) is 42.6 Å². The number of benzene rings is 1. The number of halogens is 2. The number of carbonyl (C=O) groups is 1. The molecule has 6 heteroatoms. The molecule has 1 aliphatic rings. The Morgan fingerprint density at radius 2 is 1.96 bits per heavy atom. The maximum Gasteiger partial charge on any atom is 0.223 e. The number of carbonyl (C=O) groups excluding carboxylic acids is 1. The number of nitrogens with zero attached hydrogens (tertiary/aromatic N) is 2. The zero-order chi connectivity index (χ0) is 17.6. The lowest BCUT2D eigenvalue weighted by Crippen LogP contribution is -2.35. The molecule has 0 saturated carbocycles. The Bertz CT molecular complexity index is 704. The maximum absolute atomic E-state index is 13.9.